The van der Waals surface area contributed by atoms with Crippen molar-refractivity contribution in [2.75, 3.05) is 7.05 Å². The molecule has 4 nitrogen and oxygen atoms in total. The first kappa shape index (κ1) is 18.8. The zero-order valence-corrected chi connectivity index (χ0v) is 15.8. The molecule has 148 valence electrons. The highest BCUT2D eigenvalue weighted by Gasteiger charge is 2.50. The van der Waals surface area contributed by atoms with E-state index in [1.165, 1.54) is 18.6 Å². The maximum atomic E-state index is 12.9. The second-order valence-corrected chi connectivity index (χ2v) is 10.3. The van der Waals surface area contributed by atoms with Gasteiger partial charge in [-0.05, 0) is 80.0 Å². The van der Waals surface area contributed by atoms with Crippen LogP contribution in [0.5, 0.6) is 0 Å². The average Bonchev–Trinajstić information content (AvgIpc) is 2.59. The molecule has 0 aromatic heterocycles. The Bertz CT molecular complexity index is 820. The summed E-state index contributed by atoms with van der Waals surface area (Å²) in [5.74, 6) is 2.29. The van der Waals surface area contributed by atoms with E-state index in [2.05, 4.69) is 0 Å². The van der Waals surface area contributed by atoms with E-state index in [9.17, 15) is 26.4 Å². The summed E-state index contributed by atoms with van der Waals surface area (Å²) in [4.78, 5) is 13.8. The van der Waals surface area contributed by atoms with E-state index < -0.39 is 20.2 Å². The first-order chi connectivity index (χ1) is 12.6. The van der Waals surface area contributed by atoms with Crippen molar-refractivity contribution in [2.45, 2.75) is 48.5 Å². The lowest BCUT2D eigenvalue weighted by atomic mass is 9.54. The van der Waals surface area contributed by atoms with Gasteiger partial charge in [-0.15, -0.1) is 0 Å². The van der Waals surface area contributed by atoms with Gasteiger partial charge < -0.3 is 4.90 Å². The van der Waals surface area contributed by atoms with Gasteiger partial charge in [-0.2, -0.15) is 13.2 Å². The van der Waals surface area contributed by atoms with Crippen molar-refractivity contribution in [1.82, 2.24) is 4.90 Å². The molecule has 0 saturated heterocycles. The van der Waals surface area contributed by atoms with E-state index in [-0.39, 0.29) is 17.5 Å². The minimum atomic E-state index is -5.40. The van der Waals surface area contributed by atoms with Gasteiger partial charge >= 0.3 is 5.51 Å². The second-order valence-electron chi connectivity index (χ2n) is 8.31. The minimum Gasteiger partial charge on any atom is -0.338 e. The van der Waals surface area contributed by atoms with Gasteiger partial charge in [0, 0.05) is 18.7 Å². The fraction of sp³-hybridized carbons (Fsp3) is 0.632. The topological polar surface area (TPSA) is 54.5 Å². The van der Waals surface area contributed by atoms with Crippen LogP contribution in [0.1, 0.15) is 42.5 Å². The molecule has 0 N–H and O–H groups in total. The monoisotopic (exact) mass is 401 g/mol. The zero-order chi connectivity index (χ0) is 19.6. The molecule has 4 fully saturated rings. The van der Waals surface area contributed by atoms with Crippen LogP contribution in [0.2, 0.25) is 0 Å². The van der Waals surface area contributed by atoms with Gasteiger partial charge in [0.15, 0.2) is 0 Å². The third kappa shape index (κ3) is 3.05. The van der Waals surface area contributed by atoms with E-state index in [4.69, 9.17) is 0 Å². The number of benzene rings is 1. The highest BCUT2D eigenvalue weighted by molar-refractivity contribution is 7.92. The summed E-state index contributed by atoms with van der Waals surface area (Å²) in [6.45, 7) is 0. The van der Waals surface area contributed by atoms with Crippen LogP contribution in [-0.4, -0.2) is 37.8 Å². The SMILES string of the molecule is CN(C(=O)c1ccc(S(=O)(=O)C(F)(F)F)cc1)C1C2CC3CC(C2)CC1C3. The third-order valence-electron chi connectivity index (χ3n) is 6.66. The first-order valence-corrected chi connectivity index (χ1v) is 10.7. The quantitative estimate of drug-likeness (QED) is 0.773. The van der Waals surface area contributed by atoms with Crippen molar-refractivity contribution in [1.29, 1.82) is 0 Å². The summed E-state index contributed by atoms with van der Waals surface area (Å²) in [6, 6.07) is 4.24. The van der Waals surface area contributed by atoms with E-state index in [0.717, 1.165) is 49.7 Å². The minimum absolute atomic E-state index is 0.170. The summed E-state index contributed by atoms with van der Waals surface area (Å²) in [7, 11) is -3.64. The molecule has 4 aliphatic rings. The van der Waals surface area contributed by atoms with Crippen LogP contribution in [0, 0.1) is 23.7 Å². The summed E-state index contributed by atoms with van der Waals surface area (Å²) in [6.07, 6.45) is 5.92. The number of amides is 1. The molecule has 27 heavy (non-hydrogen) atoms. The predicted molar refractivity (Wildman–Crippen MR) is 92.6 cm³/mol. The molecule has 0 aliphatic heterocycles. The molecule has 8 heteroatoms. The van der Waals surface area contributed by atoms with Gasteiger partial charge in [0.1, 0.15) is 0 Å². The van der Waals surface area contributed by atoms with Crippen LogP contribution in [0.15, 0.2) is 29.2 Å². The molecule has 1 amide bonds. The largest absolute Gasteiger partial charge is 0.501 e. The molecular formula is C19H22F3NO3S. The van der Waals surface area contributed by atoms with Crippen molar-refractivity contribution < 1.29 is 26.4 Å². The summed E-state index contributed by atoms with van der Waals surface area (Å²) in [5, 5.41) is 0. The summed E-state index contributed by atoms with van der Waals surface area (Å²) in [5.41, 5.74) is -5.14. The number of halogens is 3. The van der Waals surface area contributed by atoms with Gasteiger partial charge in [-0.3, -0.25) is 4.79 Å². The lowest BCUT2D eigenvalue weighted by Gasteiger charge is -2.56. The van der Waals surface area contributed by atoms with E-state index in [0.29, 0.717) is 11.8 Å². The highest BCUT2D eigenvalue weighted by Crippen LogP contribution is 2.55. The Balaban J connectivity index is 1.53. The number of alkyl halides is 3. The molecule has 4 bridgehead atoms. The van der Waals surface area contributed by atoms with Gasteiger partial charge in [-0.1, -0.05) is 0 Å². The lowest BCUT2D eigenvalue weighted by molar-refractivity contribution is -0.0491. The zero-order valence-electron chi connectivity index (χ0n) is 14.9. The van der Waals surface area contributed by atoms with Crippen LogP contribution in [0.3, 0.4) is 0 Å². The Morgan fingerprint density at radius 2 is 1.44 bits per heavy atom. The Labute approximate surface area is 156 Å². The van der Waals surface area contributed by atoms with Gasteiger partial charge in [0.05, 0.1) is 4.90 Å². The van der Waals surface area contributed by atoms with Crippen molar-refractivity contribution in [2.24, 2.45) is 23.7 Å². The molecule has 0 heterocycles. The fourth-order valence-corrected chi connectivity index (χ4v) is 6.54. The van der Waals surface area contributed by atoms with Gasteiger partial charge in [-0.25, -0.2) is 8.42 Å². The molecule has 4 aliphatic carbocycles. The van der Waals surface area contributed by atoms with Crippen LogP contribution in [-0.2, 0) is 9.84 Å². The third-order valence-corrected chi connectivity index (χ3v) is 8.16. The maximum Gasteiger partial charge on any atom is 0.501 e. The molecule has 0 unspecified atom stereocenters. The molecule has 1 aromatic rings. The van der Waals surface area contributed by atoms with Crippen LogP contribution >= 0.6 is 0 Å². The predicted octanol–water partition coefficient (Wildman–Crippen LogP) is 3.88. The van der Waals surface area contributed by atoms with E-state index in [1.807, 2.05) is 0 Å². The molecular weight excluding hydrogens is 379 g/mol. The number of hydrogen-bond acceptors (Lipinski definition) is 3. The van der Waals surface area contributed by atoms with E-state index >= 15 is 0 Å². The average molecular weight is 401 g/mol. The highest BCUT2D eigenvalue weighted by atomic mass is 32.2. The molecule has 5 rings (SSSR count). The lowest BCUT2D eigenvalue weighted by Crippen LogP contribution is -2.56. The Morgan fingerprint density at radius 1 is 0.963 bits per heavy atom. The van der Waals surface area contributed by atoms with Crippen molar-refractivity contribution in [3.8, 4) is 0 Å². The molecule has 0 radical (unpaired) electrons. The second kappa shape index (κ2) is 6.22. The molecule has 0 spiro atoms. The Kier molecular flexibility index (Phi) is 4.33. The van der Waals surface area contributed by atoms with Gasteiger partial charge in [0.2, 0.25) is 0 Å². The number of nitrogens with zero attached hydrogens (tertiary/aromatic N) is 1. The molecule has 4 saturated carbocycles. The standard InChI is InChI=1S/C19H22F3NO3S/c1-23(17-14-7-11-6-12(9-14)10-15(17)8-11)18(24)13-2-4-16(5-3-13)27(25,26)19(20,21)22/h2-5,11-12,14-15,17H,6-10H2,1H3. The fourth-order valence-electron chi connectivity index (χ4n) is 5.78. The number of hydrogen-bond donors (Lipinski definition) is 0. The number of sulfone groups is 1. The maximum absolute atomic E-state index is 12.9. The van der Waals surface area contributed by atoms with Crippen LogP contribution in [0.25, 0.3) is 0 Å². The van der Waals surface area contributed by atoms with Crippen molar-refractivity contribution in [3.05, 3.63) is 29.8 Å². The number of carbonyl (C=O) groups is 1. The van der Waals surface area contributed by atoms with Crippen molar-refractivity contribution >= 4 is 15.7 Å². The van der Waals surface area contributed by atoms with E-state index in [1.54, 1.807) is 11.9 Å². The number of carbonyl (C=O) groups excluding carboxylic acids is 1. The van der Waals surface area contributed by atoms with Crippen LogP contribution < -0.4 is 0 Å². The Morgan fingerprint density at radius 3 is 1.89 bits per heavy atom. The molecule has 0 atom stereocenters. The Hall–Kier alpha value is -1.57. The van der Waals surface area contributed by atoms with Gasteiger partial charge in [0.25, 0.3) is 15.7 Å². The van der Waals surface area contributed by atoms with Crippen LogP contribution in [0.4, 0.5) is 13.2 Å². The summed E-state index contributed by atoms with van der Waals surface area (Å²) >= 11 is 0. The van der Waals surface area contributed by atoms with Crippen molar-refractivity contribution in [3.63, 3.8) is 0 Å². The smallest absolute Gasteiger partial charge is 0.338 e. The number of rotatable bonds is 3. The first-order valence-electron chi connectivity index (χ1n) is 9.26. The normalized spacial score (nSPS) is 32.5. The summed E-state index contributed by atoms with van der Waals surface area (Å²) < 4.78 is 60.9. The molecule has 1 aromatic carbocycles.